The average molecular weight is 392 g/mol. The third-order valence-corrected chi connectivity index (χ3v) is 5.62. The van der Waals surface area contributed by atoms with Crippen molar-refractivity contribution < 1.29 is 0 Å². The molecule has 4 rings (SSSR count). The number of nitrogens with zero attached hydrogens (tertiary/aromatic N) is 8. The van der Waals surface area contributed by atoms with Crippen LogP contribution in [0.3, 0.4) is 0 Å². The van der Waals surface area contributed by atoms with Crippen LogP contribution in [0.15, 0.2) is 29.2 Å². The number of hydrogen-bond donors (Lipinski definition) is 0. The average Bonchev–Trinajstić information content (AvgIpc) is 3.11. The minimum absolute atomic E-state index is 0.0825. The van der Waals surface area contributed by atoms with Gasteiger partial charge in [0, 0.05) is 58.1 Å². The van der Waals surface area contributed by atoms with Crippen LogP contribution in [-0.4, -0.2) is 54.6 Å². The van der Waals surface area contributed by atoms with Gasteiger partial charge in [-0.05, 0) is 26.0 Å². The van der Waals surface area contributed by atoms with Gasteiger partial charge in [0.15, 0.2) is 0 Å². The molecular weight excluding hydrogens is 368 g/mol. The summed E-state index contributed by atoms with van der Waals surface area (Å²) in [5, 5.41) is 17.5. The molecule has 0 saturated carbocycles. The molecule has 3 aromatic heterocycles. The van der Waals surface area contributed by atoms with Crippen molar-refractivity contribution >= 4 is 16.7 Å². The molecule has 9 nitrogen and oxygen atoms in total. The molecule has 1 saturated heterocycles. The minimum Gasteiger partial charge on any atom is -0.364 e. The Morgan fingerprint density at radius 3 is 2.69 bits per heavy atom. The lowest BCUT2D eigenvalue weighted by atomic mass is 10.1. The molecule has 9 heteroatoms. The molecule has 150 valence electrons. The Labute approximate surface area is 168 Å². The topological polar surface area (TPSA) is 95.9 Å². The summed E-state index contributed by atoms with van der Waals surface area (Å²) in [6.07, 6.45) is 1.94. The second-order valence-electron chi connectivity index (χ2n) is 7.77. The smallest absolute Gasteiger partial charge is 0.252 e. The fraction of sp³-hybridized carbons (Fsp3) is 0.450. The van der Waals surface area contributed by atoms with E-state index in [0.29, 0.717) is 11.2 Å². The number of aryl methyl sites for hydroxylation is 2. The van der Waals surface area contributed by atoms with Crippen LogP contribution in [0.25, 0.3) is 11.0 Å². The first-order chi connectivity index (χ1) is 13.9. The summed E-state index contributed by atoms with van der Waals surface area (Å²) >= 11 is 0. The van der Waals surface area contributed by atoms with Crippen LogP contribution in [0.4, 0.5) is 5.69 Å². The molecule has 1 aliphatic heterocycles. The molecule has 29 heavy (non-hydrogen) atoms. The zero-order valence-corrected chi connectivity index (χ0v) is 17.1. The minimum atomic E-state index is -0.0825. The van der Waals surface area contributed by atoms with E-state index in [2.05, 4.69) is 45.0 Å². The van der Waals surface area contributed by atoms with Gasteiger partial charge in [-0.15, -0.1) is 5.10 Å². The Bertz CT molecular complexity index is 1160. The van der Waals surface area contributed by atoms with Gasteiger partial charge >= 0.3 is 0 Å². The number of rotatable bonds is 3. The van der Waals surface area contributed by atoms with Gasteiger partial charge in [-0.2, -0.15) is 5.26 Å². The predicted octanol–water partition coefficient (Wildman–Crippen LogP) is 1.03. The molecule has 0 amide bonds. The van der Waals surface area contributed by atoms with Crippen LogP contribution in [0.5, 0.6) is 0 Å². The largest absolute Gasteiger partial charge is 0.364 e. The number of pyridine rings is 2. The highest BCUT2D eigenvalue weighted by atomic mass is 16.1. The van der Waals surface area contributed by atoms with E-state index in [1.165, 1.54) is 0 Å². The summed E-state index contributed by atoms with van der Waals surface area (Å²) < 4.78 is 3.29. The monoisotopic (exact) mass is 392 g/mol. The number of hydrogen-bond acceptors (Lipinski definition) is 7. The standard InChI is InChI=1S/C20H24N8O/c1-13-10-28(14(2)9-27(13)12-16-11-25(3)24-23-16)18-7-19(29)26(4)17-6-5-15(8-21)22-20(17)18/h5-7,11,13-14H,9-10,12H2,1-4H3/t13?,14-/m0/s1. The quantitative estimate of drug-likeness (QED) is 0.657. The first kappa shape index (κ1) is 19.1. The molecule has 1 aliphatic rings. The van der Waals surface area contributed by atoms with Gasteiger partial charge in [0.2, 0.25) is 0 Å². The van der Waals surface area contributed by atoms with Crippen molar-refractivity contribution in [3.05, 3.63) is 46.1 Å². The number of piperazine rings is 1. The zero-order chi connectivity index (χ0) is 20.7. The second-order valence-corrected chi connectivity index (χ2v) is 7.77. The third-order valence-electron chi connectivity index (χ3n) is 5.62. The predicted molar refractivity (Wildman–Crippen MR) is 109 cm³/mol. The van der Waals surface area contributed by atoms with E-state index in [0.717, 1.165) is 36.5 Å². The van der Waals surface area contributed by atoms with E-state index in [4.69, 9.17) is 0 Å². The van der Waals surface area contributed by atoms with E-state index in [9.17, 15) is 10.1 Å². The van der Waals surface area contributed by atoms with Crippen molar-refractivity contribution in [2.45, 2.75) is 32.5 Å². The summed E-state index contributed by atoms with van der Waals surface area (Å²) in [5.74, 6) is 0. The van der Waals surface area contributed by atoms with Gasteiger partial charge in [0.05, 0.1) is 16.9 Å². The normalized spacial score (nSPS) is 20.2. The van der Waals surface area contributed by atoms with Crippen molar-refractivity contribution in [3.8, 4) is 6.07 Å². The third kappa shape index (κ3) is 3.47. The number of aromatic nitrogens is 5. The Morgan fingerprint density at radius 1 is 1.21 bits per heavy atom. The lowest BCUT2D eigenvalue weighted by molar-refractivity contribution is 0.156. The van der Waals surface area contributed by atoms with Gasteiger partial charge in [-0.1, -0.05) is 5.21 Å². The van der Waals surface area contributed by atoms with Crippen LogP contribution in [0, 0.1) is 11.3 Å². The molecule has 0 N–H and O–H groups in total. The molecule has 4 heterocycles. The van der Waals surface area contributed by atoms with E-state index in [1.807, 2.05) is 13.2 Å². The Balaban J connectivity index is 1.69. The lowest BCUT2D eigenvalue weighted by Gasteiger charge is -2.45. The molecule has 0 aromatic carbocycles. The molecule has 3 aromatic rings. The molecular formula is C20H24N8O. The van der Waals surface area contributed by atoms with Crippen molar-refractivity contribution in [3.63, 3.8) is 0 Å². The van der Waals surface area contributed by atoms with Crippen LogP contribution in [0.2, 0.25) is 0 Å². The number of nitriles is 1. The van der Waals surface area contributed by atoms with Gasteiger partial charge in [-0.3, -0.25) is 14.4 Å². The van der Waals surface area contributed by atoms with Crippen molar-refractivity contribution in [1.29, 1.82) is 5.26 Å². The van der Waals surface area contributed by atoms with E-state index >= 15 is 0 Å². The van der Waals surface area contributed by atoms with Crippen molar-refractivity contribution in [2.24, 2.45) is 14.1 Å². The van der Waals surface area contributed by atoms with Crippen LogP contribution >= 0.6 is 0 Å². The highest BCUT2D eigenvalue weighted by Crippen LogP contribution is 2.29. The molecule has 1 fully saturated rings. The van der Waals surface area contributed by atoms with E-state index in [-0.39, 0.29) is 17.6 Å². The number of anilines is 1. The van der Waals surface area contributed by atoms with Crippen molar-refractivity contribution in [2.75, 3.05) is 18.0 Å². The van der Waals surface area contributed by atoms with Crippen molar-refractivity contribution in [1.82, 2.24) is 29.4 Å². The van der Waals surface area contributed by atoms with Gasteiger partial charge in [0.1, 0.15) is 17.3 Å². The van der Waals surface area contributed by atoms with Crippen LogP contribution in [-0.2, 0) is 20.6 Å². The maximum absolute atomic E-state index is 12.6. The van der Waals surface area contributed by atoms with Crippen LogP contribution in [0.1, 0.15) is 25.2 Å². The van der Waals surface area contributed by atoms with Gasteiger partial charge in [-0.25, -0.2) is 4.98 Å². The summed E-state index contributed by atoms with van der Waals surface area (Å²) in [6.45, 7) is 6.63. The summed E-state index contributed by atoms with van der Waals surface area (Å²) in [5.41, 5.74) is 3.42. The summed E-state index contributed by atoms with van der Waals surface area (Å²) in [7, 11) is 3.59. The highest BCUT2D eigenvalue weighted by molar-refractivity contribution is 5.89. The molecule has 1 unspecified atom stereocenters. The fourth-order valence-electron chi connectivity index (χ4n) is 4.02. The van der Waals surface area contributed by atoms with E-state index < -0.39 is 0 Å². The first-order valence-electron chi connectivity index (χ1n) is 9.64. The lowest BCUT2D eigenvalue weighted by Crippen LogP contribution is -2.56. The molecule has 0 aliphatic carbocycles. The molecule has 2 atom stereocenters. The second kappa shape index (κ2) is 7.29. The van der Waals surface area contributed by atoms with Crippen LogP contribution < -0.4 is 10.5 Å². The number of fused-ring (bicyclic) bond motifs is 1. The Morgan fingerprint density at radius 2 is 2.00 bits per heavy atom. The highest BCUT2D eigenvalue weighted by Gasteiger charge is 2.31. The Kier molecular flexibility index (Phi) is 4.80. The molecule has 0 spiro atoms. The van der Waals surface area contributed by atoms with Gasteiger partial charge in [0.25, 0.3) is 5.56 Å². The fourth-order valence-corrected chi connectivity index (χ4v) is 4.02. The molecule has 0 radical (unpaired) electrons. The van der Waals surface area contributed by atoms with E-state index in [1.54, 1.807) is 34.5 Å². The first-order valence-corrected chi connectivity index (χ1v) is 9.64. The maximum atomic E-state index is 12.6. The summed E-state index contributed by atoms with van der Waals surface area (Å²) in [4.78, 5) is 21.7. The van der Waals surface area contributed by atoms with Gasteiger partial charge < -0.3 is 9.47 Å². The molecule has 0 bridgehead atoms. The SMILES string of the molecule is CC1CN(c2cc(=O)n(C)c3ccc(C#N)nc23)[C@@H](C)CN1Cc1cn(C)nn1. The maximum Gasteiger partial charge on any atom is 0.252 e. The zero-order valence-electron chi connectivity index (χ0n) is 17.1. The summed E-state index contributed by atoms with van der Waals surface area (Å²) in [6, 6.07) is 7.61. The Hall–Kier alpha value is -3.25.